The summed E-state index contributed by atoms with van der Waals surface area (Å²) in [6.45, 7) is 0. The Labute approximate surface area is 201 Å². The van der Waals surface area contributed by atoms with Gasteiger partial charge >= 0.3 is 5.97 Å². The molecule has 5 nitrogen and oxygen atoms in total. The largest absolute Gasteiger partial charge is 0.481 e. The molecular weight excluding hydrogens is 456 g/mol. The van der Waals surface area contributed by atoms with Crippen molar-refractivity contribution in [3.8, 4) is 10.6 Å². The van der Waals surface area contributed by atoms with Crippen LogP contribution in [0.25, 0.3) is 10.6 Å². The third-order valence-corrected chi connectivity index (χ3v) is 8.30. The number of benzene rings is 2. The van der Waals surface area contributed by atoms with E-state index in [1.54, 1.807) is 0 Å². The summed E-state index contributed by atoms with van der Waals surface area (Å²) in [6, 6.07) is 15.5. The smallest absolute Gasteiger partial charge is 0.306 e. The molecule has 1 unspecified atom stereocenters. The van der Waals surface area contributed by atoms with Crippen LogP contribution in [-0.2, 0) is 11.2 Å². The van der Waals surface area contributed by atoms with Gasteiger partial charge in [0.15, 0.2) is 5.78 Å². The summed E-state index contributed by atoms with van der Waals surface area (Å²) < 4.78 is 0. The van der Waals surface area contributed by atoms with E-state index in [0.29, 0.717) is 33.3 Å². The molecule has 7 heteroatoms. The van der Waals surface area contributed by atoms with Gasteiger partial charge in [-0.15, -0.1) is 10.2 Å². The lowest BCUT2D eigenvalue weighted by molar-refractivity contribution is -0.139. The van der Waals surface area contributed by atoms with E-state index in [4.69, 9.17) is 11.6 Å². The molecule has 1 aromatic heterocycles. The highest BCUT2D eigenvalue weighted by atomic mass is 35.5. The minimum atomic E-state index is -0.628. The zero-order valence-electron chi connectivity index (χ0n) is 18.1. The minimum Gasteiger partial charge on any atom is -0.481 e. The maximum Gasteiger partial charge on any atom is 0.306 e. The molecule has 1 heterocycles. The average Bonchev–Trinajstić information content (AvgIpc) is 3.51. The Morgan fingerprint density at radius 3 is 2.45 bits per heavy atom. The number of aromatic nitrogens is 2. The van der Waals surface area contributed by atoms with E-state index in [1.807, 2.05) is 36.4 Å². The molecule has 2 atom stereocenters. The summed E-state index contributed by atoms with van der Waals surface area (Å²) in [7, 11) is 0. The van der Waals surface area contributed by atoms with Crippen LogP contribution in [0.2, 0.25) is 5.02 Å². The van der Waals surface area contributed by atoms with E-state index in [1.165, 1.54) is 16.9 Å². The van der Waals surface area contributed by atoms with Gasteiger partial charge < -0.3 is 5.11 Å². The number of carboxylic acids is 1. The van der Waals surface area contributed by atoms with Gasteiger partial charge in [-0.2, -0.15) is 0 Å². The summed E-state index contributed by atoms with van der Waals surface area (Å²) in [6.07, 6.45) is 5.48. The van der Waals surface area contributed by atoms with E-state index in [9.17, 15) is 14.7 Å². The fourth-order valence-corrected chi connectivity index (χ4v) is 6.17. The molecule has 0 spiro atoms. The first-order valence-corrected chi connectivity index (χ1v) is 12.6. The monoisotopic (exact) mass is 480 g/mol. The SMILES string of the molecule is O=C(Cc1nnc(-c2cccc(Cl)c2)s1)c1ccc(C2CCC(C3C[C@@H]3C(=O)O)CC2)cc1. The zero-order chi connectivity index (χ0) is 22.9. The van der Waals surface area contributed by atoms with Crippen molar-refractivity contribution in [1.29, 1.82) is 0 Å². The van der Waals surface area contributed by atoms with Crippen molar-refractivity contribution in [1.82, 2.24) is 10.2 Å². The van der Waals surface area contributed by atoms with Gasteiger partial charge in [-0.25, -0.2) is 0 Å². The number of Topliss-reactive ketones (excluding diaryl/α,β-unsaturated/α-hetero) is 1. The third kappa shape index (κ3) is 5.02. The Morgan fingerprint density at radius 2 is 1.79 bits per heavy atom. The number of carbonyl (C=O) groups is 2. The van der Waals surface area contributed by atoms with E-state index >= 15 is 0 Å². The minimum absolute atomic E-state index is 0.0347. The molecule has 2 aromatic carbocycles. The van der Waals surface area contributed by atoms with Crippen molar-refractivity contribution in [2.24, 2.45) is 17.8 Å². The van der Waals surface area contributed by atoms with Crippen molar-refractivity contribution in [3.05, 3.63) is 69.7 Å². The second-order valence-electron chi connectivity index (χ2n) is 9.19. The highest BCUT2D eigenvalue weighted by Gasteiger charge is 2.48. The first-order chi connectivity index (χ1) is 16.0. The number of hydrogen-bond donors (Lipinski definition) is 1. The van der Waals surface area contributed by atoms with Crippen LogP contribution < -0.4 is 0 Å². The molecule has 1 N–H and O–H groups in total. The number of aliphatic carboxylic acids is 1. The van der Waals surface area contributed by atoms with Crippen molar-refractivity contribution in [2.45, 2.75) is 44.4 Å². The van der Waals surface area contributed by atoms with Crippen LogP contribution in [0.15, 0.2) is 48.5 Å². The molecule has 2 saturated carbocycles. The predicted molar refractivity (Wildman–Crippen MR) is 129 cm³/mol. The summed E-state index contributed by atoms with van der Waals surface area (Å²) in [5, 5.41) is 19.7. The summed E-state index contributed by atoms with van der Waals surface area (Å²) in [5.41, 5.74) is 2.86. The first-order valence-electron chi connectivity index (χ1n) is 11.4. The number of carboxylic acid groups (broad SMARTS) is 1. The van der Waals surface area contributed by atoms with E-state index in [0.717, 1.165) is 42.7 Å². The van der Waals surface area contributed by atoms with Gasteiger partial charge in [0, 0.05) is 16.1 Å². The molecule has 2 aliphatic carbocycles. The average molecular weight is 481 g/mol. The Kier molecular flexibility index (Phi) is 6.30. The number of hydrogen-bond acceptors (Lipinski definition) is 5. The topological polar surface area (TPSA) is 80.2 Å². The van der Waals surface area contributed by atoms with Crippen LogP contribution in [0.3, 0.4) is 0 Å². The lowest BCUT2D eigenvalue weighted by Crippen LogP contribution is -2.17. The lowest BCUT2D eigenvalue weighted by atomic mass is 9.76. The van der Waals surface area contributed by atoms with Crippen LogP contribution in [0.4, 0.5) is 0 Å². The second-order valence-corrected chi connectivity index (χ2v) is 10.7. The summed E-state index contributed by atoms with van der Waals surface area (Å²) in [5.74, 6) is 0.751. The van der Waals surface area contributed by atoms with Crippen molar-refractivity contribution < 1.29 is 14.7 Å². The second kappa shape index (κ2) is 9.35. The molecule has 0 bridgehead atoms. The fourth-order valence-electron chi connectivity index (χ4n) is 5.14. The predicted octanol–water partition coefficient (Wildman–Crippen LogP) is 6.28. The number of halogens is 1. The van der Waals surface area contributed by atoms with Crippen molar-refractivity contribution in [2.75, 3.05) is 0 Å². The lowest BCUT2D eigenvalue weighted by Gasteiger charge is -2.29. The van der Waals surface area contributed by atoms with E-state index < -0.39 is 5.97 Å². The zero-order valence-corrected chi connectivity index (χ0v) is 19.7. The Morgan fingerprint density at radius 1 is 1.03 bits per heavy atom. The molecule has 0 saturated heterocycles. The van der Waals surface area contributed by atoms with Crippen LogP contribution >= 0.6 is 22.9 Å². The molecule has 33 heavy (non-hydrogen) atoms. The molecule has 2 fully saturated rings. The Hall–Kier alpha value is -2.57. The standard InChI is InChI=1S/C26H25ClN2O3S/c27-20-3-1-2-19(12-20)25-29-28-24(33-25)14-23(30)18-10-6-16(7-11-18)15-4-8-17(9-5-15)21-13-22(21)26(31)32/h1-3,6-7,10-12,15,17,21-22H,4-5,8-9,13-14H2,(H,31,32)/t15?,17?,21?,22-/m0/s1. The van der Waals surface area contributed by atoms with Gasteiger partial charge in [-0.3, -0.25) is 9.59 Å². The highest BCUT2D eigenvalue weighted by molar-refractivity contribution is 7.14. The first kappa shape index (κ1) is 22.2. The van der Waals surface area contributed by atoms with Crippen LogP contribution in [-0.4, -0.2) is 27.1 Å². The fraction of sp³-hybridized carbons (Fsp3) is 0.385. The van der Waals surface area contributed by atoms with Gasteiger partial charge in [-0.05, 0) is 67.6 Å². The van der Waals surface area contributed by atoms with E-state index in [2.05, 4.69) is 22.3 Å². The molecule has 170 valence electrons. The number of nitrogens with zero attached hydrogens (tertiary/aromatic N) is 2. The number of rotatable bonds is 7. The summed E-state index contributed by atoms with van der Waals surface area (Å²) >= 11 is 7.47. The molecule has 5 rings (SSSR count). The maximum absolute atomic E-state index is 12.8. The molecular formula is C26H25ClN2O3S. The Bertz CT molecular complexity index is 1170. The van der Waals surface area contributed by atoms with Crippen molar-refractivity contribution in [3.63, 3.8) is 0 Å². The van der Waals surface area contributed by atoms with Crippen LogP contribution in [0.1, 0.15) is 59.0 Å². The van der Waals surface area contributed by atoms with Gasteiger partial charge in [-0.1, -0.05) is 59.3 Å². The summed E-state index contributed by atoms with van der Waals surface area (Å²) in [4.78, 5) is 23.9. The Balaban J connectivity index is 1.16. The maximum atomic E-state index is 12.8. The number of carbonyl (C=O) groups excluding carboxylic acids is 1. The molecule has 3 aromatic rings. The van der Waals surface area contributed by atoms with E-state index in [-0.39, 0.29) is 18.1 Å². The third-order valence-electron chi connectivity index (χ3n) is 7.09. The quantitative estimate of drug-likeness (QED) is 0.402. The van der Waals surface area contributed by atoms with Gasteiger partial charge in [0.1, 0.15) is 10.0 Å². The van der Waals surface area contributed by atoms with Crippen LogP contribution in [0.5, 0.6) is 0 Å². The van der Waals surface area contributed by atoms with Crippen LogP contribution in [0, 0.1) is 17.8 Å². The van der Waals surface area contributed by atoms with Gasteiger partial charge in [0.2, 0.25) is 0 Å². The van der Waals surface area contributed by atoms with Gasteiger partial charge in [0.05, 0.1) is 12.3 Å². The van der Waals surface area contributed by atoms with Gasteiger partial charge in [0.25, 0.3) is 0 Å². The molecule has 0 radical (unpaired) electrons. The number of ketones is 1. The normalized spacial score (nSPS) is 24.4. The highest BCUT2D eigenvalue weighted by Crippen LogP contribution is 2.51. The van der Waals surface area contributed by atoms with Crippen molar-refractivity contribution >= 4 is 34.7 Å². The molecule has 2 aliphatic rings. The molecule has 0 amide bonds. The molecule has 0 aliphatic heterocycles.